The normalized spacial score (nSPS) is 25.0. The molecule has 0 aromatic heterocycles. The van der Waals surface area contributed by atoms with Crippen LogP contribution in [0.3, 0.4) is 0 Å². The van der Waals surface area contributed by atoms with Crippen LogP contribution >= 0.6 is 0 Å². The van der Waals surface area contributed by atoms with Crippen LogP contribution in [-0.4, -0.2) is 23.4 Å². The van der Waals surface area contributed by atoms with Gasteiger partial charge in [0.15, 0.2) is 0 Å². The van der Waals surface area contributed by atoms with Crippen molar-refractivity contribution in [3.8, 4) is 0 Å². The summed E-state index contributed by atoms with van der Waals surface area (Å²) in [4.78, 5) is 14.7. The van der Waals surface area contributed by atoms with Gasteiger partial charge in [-0.2, -0.15) is 0 Å². The second-order valence-corrected chi connectivity index (χ2v) is 6.56. The molecular formula is C17H23FN2O. The van der Waals surface area contributed by atoms with E-state index in [1.165, 1.54) is 25.0 Å². The van der Waals surface area contributed by atoms with Crippen molar-refractivity contribution in [2.45, 2.75) is 44.7 Å². The highest BCUT2D eigenvalue weighted by Gasteiger charge is 2.33. The van der Waals surface area contributed by atoms with E-state index in [1.807, 2.05) is 4.90 Å². The Kier molecular flexibility index (Phi) is 4.24. The Balaban J connectivity index is 1.67. The molecule has 2 atom stereocenters. The van der Waals surface area contributed by atoms with E-state index in [9.17, 15) is 9.18 Å². The highest BCUT2D eigenvalue weighted by atomic mass is 19.1. The first-order valence-corrected chi connectivity index (χ1v) is 7.90. The fourth-order valence-electron chi connectivity index (χ4n) is 3.15. The van der Waals surface area contributed by atoms with Gasteiger partial charge in [-0.15, -0.1) is 0 Å². The molecule has 2 fully saturated rings. The van der Waals surface area contributed by atoms with Crippen LogP contribution in [0.5, 0.6) is 0 Å². The monoisotopic (exact) mass is 290 g/mol. The van der Waals surface area contributed by atoms with Gasteiger partial charge in [0.25, 0.3) is 0 Å². The van der Waals surface area contributed by atoms with Gasteiger partial charge in [-0.05, 0) is 55.7 Å². The minimum absolute atomic E-state index is 0.0826. The quantitative estimate of drug-likeness (QED) is 0.906. The lowest BCUT2D eigenvalue weighted by Gasteiger charge is -2.26. The molecule has 4 heteroatoms. The molecule has 1 aromatic rings. The minimum atomic E-state index is -0.236. The standard InChI is InChI=1S/C17H23FN2O/c18-15-6-3-13(4-7-15)11-20(10-12-1-2-12)17(21)14-5-8-16(19)9-14/h3-4,6-7,12,14,16H,1-2,5,8-11,19H2/t14-,16-/m0/s1. The fraction of sp³-hybridized carbons (Fsp3) is 0.588. The number of nitrogens with two attached hydrogens (primary N) is 1. The summed E-state index contributed by atoms with van der Waals surface area (Å²) >= 11 is 0. The van der Waals surface area contributed by atoms with Crippen LogP contribution in [0.2, 0.25) is 0 Å². The van der Waals surface area contributed by atoms with Crippen molar-refractivity contribution in [2.24, 2.45) is 17.6 Å². The third-order valence-corrected chi connectivity index (χ3v) is 4.60. The maximum Gasteiger partial charge on any atom is 0.226 e. The summed E-state index contributed by atoms with van der Waals surface area (Å²) in [5, 5.41) is 0. The molecule has 0 bridgehead atoms. The lowest BCUT2D eigenvalue weighted by atomic mass is 10.1. The molecule has 1 amide bonds. The van der Waals surface area contributed by atoms with E-state index in [0.717, 1.165) is 31.4 Å². The predicted octanol–water partition coefficient (Wildman–Crippen LogP) is 2.69. The van der Waals surface area contributed by atoms with Gasteiger partial charge < -0.3 is 10.6 Å². The van der Waals surface area contributed by atoms with Gasteiger partial charge in [0.1, 0.15) is 5.82 Å². The first-order chi connectivity index (χ1) is 10.1. The fourth-order valence-corrected chi connectivity index (χ4v) is 3.15. The number of amides is 1. The zero-order valence-electron chi connectivity index (χ0n) is 12.3. The molecule has 3 nitrogen and oxygen atoms in total. The molecule has 0 aliphatic heterocycles. The van der Waals surface area contributed by atoms with Crippen LogP contribution < -0.4 is 5.73 Å². The first kappa shape index (κ1) is 14.5. The molecule has 2 saturated carbocycles. The van der Waals surface area contributed by atoms with Gasteiger partial charge in [0.2, 0.25) is 5.91 Å². The summed E-state index contributed by atoms with van der Waals surface area (Å²) in [7, 11) is 0. The van der Waals surface area contributed by atoms with Crippen molar-refractivity contribution in [2.75, 3.05) is 6.54 Å². The van der Waals surface area contributed by atoms with E-state index in [2.05, 4.69) is 0 Å². The summed E-state index contributed by atoms with van der Waals surface area (Å²) in [6, 6.07) is 6.63. The number of carbonyl (C=O) groups excluding carboxylic acids is 1. The molecule has 0 radical (unpaired) electrons. The molecular weight excluding hydrogens is 267 g/mol. The Morgan fingerprint density at radius 1 is 1.19 bits per heavy atom. The molecule has 1 aromatic carbocycles. The Bertz CT molecular complexity index is 498. The lowest BCUT2D eigenvalue weighted by molar-refractivity contribution is -0.136. The molecule has 0 heterocycles. The molecule has 114 valence electrons. The molecule has 2 N–H and O–H groups in total. The average molecular weight is 290 g/mol. The maximum absolute atomic E-state index is 13.0. The van der Waals surface area contributed by atoms with Crippen LogP contribution in [0.25, 0.3) is 0 Å². The largest absolute Gasteiger partial charge is 0.338 e. The first-order valence-electron chi connectivity index (χ1n) is 7.90. The SMILES string of the molecule is N[C@H]1CC[C@H](C(=O)N(Cc2ccc(F)cc2)CC2CC2)C1. The smallest absolute Gasteiger partial charge is 0.226 e. The van der Waals surface area contributed by atoms with Crippen molar-refractivity contribution in [3.63, 3.8) is 0 Å². The van der Waals surface area contributed by atoms with Crippen LogP contribution in [0, 0.1) is 17.7 Å². The minimum Gasteiger partial charge on any atom is -0.338 e. The van der Waals surface area contributed by atoms with Gasteiger partial charge in [-0.3, -0.25) is 4.79 Å². The Hall–Kier alpha value is -1.42. The predicted molar refractivity (Wildman–Crippen MR) is 79.9 cm³/mol. The van der Waals surface area contributed by atoms with Crippen molar-refractivity contribution >= 4 is 5.91 Å². The summed E-state index contributed by atoms with van der Waals surface area (Å²) in [5.74, 6) is 0.739. The zero-order valence-corrected chi connectivity index (χ0v) is 12.3. The second kappa shape index (κ2) is 6.14. The molecule has 0 unspecified atom stereocenters. The van der Waals surface area contributed by atoms with Crippen LogP contribution in [0.4, 0.5) is 4.39 Å². The number of hydrogen-bond donors (Lipinski definition) is 1. The third-order valence-electron chi connectivity index (χ3n) is 4.60. The highest BCUT2D eigenvalue weighted by Crippen LogP contribution is 2.32. The Morgan fingerprint density at radius 3 is 2.48 bits per heavy atom. The van der Waals surface area contributed by atoms with E-state index >= 15 is 0 Å². The third kappa shape index (κ3) is 3.82. The highest BCUT2D eigenvalue weighted by molar-refractivity contribution is 5.79. The number of hydrogen-bond acceptors (Lipinski definition) is 2. The number of benzene rings is 1. The van der Waals surface area contributed by atoms with Gasteiger partial charge >= 0.3 is 0 Å². The van der Waals surface area contributed by atoms with Crippen molar-refractivity contribution < 1.29 is 9.18 Å². The molecule has 3 rings (SSSR count). The number of rotatable bonds is 5. The molecule has 2 aliphatic rings. The topological polar surface area (TPSA) is 46.3 Å². The molecule has 0 spiro atoms. The number of halogens is 1. The van der Waals surface area contributed by atoms with Crippen LogP contribution in [0.15, 0.2) is 24.3 Å². The maximum atomic E-state index is 13.0. The Labute approximate surface area is 125 Å². The van der Waals surface area contributed by atoms with Crippen molar-refractivity contribution in [1.82, 2.24) is 4.90 Å². The summed E-state index contributed by atoms with van der Waals surface area (Å²) in [6.07, 6.45) is 5.10. The summed E-state index contributed by atoms with van der Waals surface area (Å²) in [5.41, 5.74) is 6.93. The zero-order chi connectivity index (χ0) is 14.8. The molecule has 0 saturated heterocycles. The summed E-state index contributed by atoms with van der Waals surface area (Å²) < 4.78 is 13.0. The average Bonchev–Trinajstić information content (AvgIpc) is 3.19. The van der Waals surface area contributed by atoms with E-state index in [4.69, 9.17) is 5.73 Å². The number of carbonyl (C=O) groups is 1. The van der Waals surface area contributed by atoms with E-state index in [1.54, 1.807) is 12.1 Å². The second-order valence-electron chi connectivity index (χ2n) is 6.56. The van der Waals surface area contributed by atoms with Crippen LogP contribution in [0.1, 0.15) is 37.7 Å². The number of nitrogens with zero attached hydrogens (tertiary/aromatic N) is 1. The Morgan fingerprint density at radius 2 is 1.90 bits per heavy atom. The molecule has 21 heavy (non-hydrogen) atoms. The molecule has 2 aliphatic carbocycles. The van der Waals surface area contributed by atoms with Gasteiger partial charge in [-0.1, -0.05) is 12.1 Å². The van der Waals surface area contributed by atoms with Crippen molar-refractivity contribution in [1.29, 1.82) is 0 Å². The van der Waals surface area contributed by atoms with E-state index < -0.39 is 0 Å². The van der Waals surface area contributed by atoms with Gasteiger partial charge in [-0.25, -0.2) is 4.39 Å². The van der Waals surface area contributed by atoms with Crippen LogP contribution in [-0.2, 0) is 11.3 Å². The van der Waals surface area contributed by atoms with Gasteiger partial charge in [0, 0.05) is 25.0 Å². The van der Waals surface area contributed by atoms with Crippen molar-refractivity contribution in [3.05, 3.63) is 35.6 Å². The lowest BCUT2D eigenvalue weighted by Crippen LogP contribution is -2.37. The summed E-state index contributed by atoms with van der Waals surface area (Å²) in [6.45, 7) is 1.42. The van der Waals surface area contributed by atoms with Gasteiger partial charge in [0.05, 0.1) is 0 Å². The van der Waals surface area contributed by atoms with E-state index in [0.29, 0.717) is 12.5 Å². The van der Waals surface area contributed by atoms with E-state index in [-0.39, 0.29) is 23.7 Å².